The maximum Gasteiger partial charge on any atom is 0.222 e. The van der Waals surface area contributed by atoms with Crippen LogP contribution < -0.4 is 16.0 Å². The van der Waals surface area contributed by atoms with Crippen molar-refractivity contribution < 1.29 is 9.53 Å². The summed E-state index contributed by atoms with van der Waals surface area (Å²) in [6, 6.07) is 7.94. The van der Waals surface area contributed by atoms with Crippen LogP contribution in [0.2, 0.25) is 5.02 Å². The number of amides is 1. The molecule has 0 aromatic heterocycles. The van der Waals surface area contributed by atoms with Crippen LogP contribution in [0, 0.1) is 0 Å². The lowest BCUT2D eigenvalue weighted by atomic mass is 10.2. The van der Waals surface area contributed by atoms with Gasteiger partial charge in [0.2, 0.25) is 5.91 Å². The molecule has 1 aromatic carbocycles. The number of nitrogens with one attached hydrogen (secondary N) is 1. The summed E-state index contributed by atoms with van der Waals surface area (Å²) in [7, 11) is 1.57. The van der Waals surface area contributed by atoms with Crippen molar-refractivity contribution in [2.45, 2.75) is 25.0 Å². The predicted molar refractivity (Wildman–Crippen MR) is 99.2 cm³/mol. The van der Waals surface area contributed by atoms with Gasteiger partial charge in [0, 0.05) is 43.5 Å². The first kappa shape index (κ1) is 22.3. The van der Waals surface area contributed by atoms with Crippen LogP contribution in [0.4, 0.5) is 5.69 Å². The van der Waals surface area contributed by atoms with Crippen molar-refractivity contribution in [2.24, 2.45) is 5.73 Å². The van der Waals surface area contributed by atoms with Crippen molar-refractivity contribution in [3.05, 3.63) is 29.3 Å². The molecular formula is C15H24Cl3N3O2. The van der Waals surface area contributed by atoms with Gasteiger partial charge in [0.15, 0.2) is 0 Å². The molecule has 1 amide bonds. The summed E-state index contributed by atoms with van der Waals surface area (Å²) in [5.41, 5.74) is 6.62. The van der Waals surface area contributed by atoms with E-state index >= 15 is 0 Å². The molecule has 0 spiro atoms. The Hall–Kier alpha value is -0.720. The Bertz CT molecular complexity index is 487. The van der Waals surface area contributed by atoms with Crippen molar-refractivity contribution in [3.8, 4) is 0 Å². The van der Waals surface area contributed by atoms with Gasteiger partial charge in [0.25, 0.3) is 0 Å². The first-order valence-electron chi connectivity index (χ1n) is 7.15. The highest BCUT2D eigenvalue weighted by atomic mass is 35.5. The smallest absolute Gasteiger partial charge is 0.222 e. The molecule has 1 aromatic rings. The second-order valence-corrected chi connectivity index (χ2v) is 5.71. The maximum absolute atomic E-state index is 11.9. The van der Waals surface area contributed by atoms with E-state index in [0.717, 1.165) is 30.2 Å². The molecule has 2 atom stereocenters. The molecule has 2 rings (SSSR count). The molecule has 1 heterocycles. The van der Waals surface area contributed by atoms with Crippen LogP contribution in [0.3, 0.4) is 0 Å². The highest BCUT2D eigenvalue weighted by Crippen LogP contribution is 2.23. The number of anilines is 1. The van der Waals surface area contributed by atoms with Crippen LogP contribution >= 0.6 is 36.4 Å². The largest absolute Gasteiger partial charge is 0.380 e. The topological polar surface area (TPSA) is 67.6 Å². The van der Waals surface area contributed by atoms with Crippen LogP contribution in [0.15, 0.2) is 24.3 Å². The minimum absolute atomic E-state index is 0. The first-order chi connectivity index (χ1) is 10.1. The van der Waals surface area contributed by atoms with Crippen LogP contribution in [0.25, 0.3) is 0 Å². The van der Waals surface area contributed by atoms with E-state index in [4.69, 9.17) is 22.1 Å². The zero-order chi connectivity index (χ0) is 15.2. The zero-order valence-electron chi connectivity index (χ0n) is 13.0. The molecule has 3 N–H and O–H groups in total. The molecule has 0 radical (unpaired) electrons. The number of hydrogen-bond donors (Lipinski definition) is 2. The molecule has 2 unspecified atom stereocenters. The van der Waals surface area contributed by atoms with Crippen LogP contribution in [0.1, 0.15) is 12.8 Å². The van der Waals surface area contributed by atoms with Gasteiger partial charge in [-0.1, -0.05) is 17.7 Å². The fourth-order valence-electron chi connectivity index (χ4n) is 2.54. The molecule has 5 nitrogen and oxygen atoms in total. The molecule has 8 heteroatoms. The third-order valence-electron chi connectivity index (χ3n) is 3.74. The Labute approximate surface area is 154 Å². The Balaban J connectivity index is 0.00000242. The van der Waals surface area contributed by atoms with E-state index in [-0.39, 0.29) is 42.9 Å². The standard InChI is InChI=1S/C15H22ClN3O2.2ClH/c1-21-14(9-17)8-15(20)18-12-5-6-19(10-12)13-4-2-3-11(16)7-13;;/h2-4,7,12,14H,5-6,8-10,17H2,1H3,(H,18,20);2*1H. The highest BCUT2D eigenvalue weighted by Gasteiger charge is 2.24. The Morgan fingerprint density at radius 2 is 2.26 bits per heavy atom. The van der Waals surface area contributed by atoms with Crippen molar-refractivity contribution in [2.75, 3.05) is 31.6 Å². The summed E-state index contributed by atoms with van der Waals surface area (Å²) < 4.78 is 5.13. The van der Waals surface area contributed by atoms with Gasteiger partial charge in [-0.15, -0.1) is 24.8 Å². The first-order valence-corrected chi connectivity index (χ1v) is 7.53. The average molecular weight is 385 g/mol. The zero-order valence-corrected chi connectivity index (χ0v) is 15.4. The molecule has 1 fully saturated rings. The Morgan fingerprint density at radius 1 is 1.52 bits per heavy atom. The molecule has 1 saturated heterocycles. The van der Waals surface area contributed by atoms with E-state index in [1.165, 1.54) is 0 Å². The second kappa shape index (κ2) is 10.9. The maximum atomic E-state index is 11.9. The van der Waals surface area contributed by atoms with Gasteiger partial charge in [0.05, 0.1) is 12.5 Å². The monoisotopic (exact) mass is 383 g/mol. The lowest BCUT2D eigenvalue weighted by molar-refractivity contribution is -0.123. The third kappa shape index (κ3) is 6.73. The van der Waals surface area contributed by atoms with Gasteiger partial charge in [-0.25, -0.2) is 0 Å². The molecule has 0 bridgehead atoms. The van der Waals surface area contributed by atoms with E-state index in [1.807, 2.05) is 24.3 Å². The van der Waals surface area contributed by atoms with Gasteiger partial charge >= 0.3 is 0 Å². The summed E-state index contributed by atoms with van der Waals surface area (Å²) in [6.07, 6.45) is 1.02. The van der Waals surface area contributed by atoms with Gasteiger partial charge in [-0.3, -0.25) is 4.79 Å². The number of hydrogen-bond acceptors (Lipinski definition) is 4. The van der Waals surface area contributed by atoms with E-state index in [2.05, 4.69) is 10.2 Å². The van der Waals surface area contributed by atoms with Crippen LogP contribution in [-0.4, -0.2) is 44.8 Å². The Kier molecular flexibility index (Phi) is 10.6. The number of methoxy groups -OCH3 is 1. The number of nitrogens with zero attached hydrogens (tertiary/aromatic N) is 1. The van der Waals surface area contributed by atoms with Crippen molar-refractivity contribution in [1.29, 1.82) is 0 Å². The highest BCUT2D eigenvalue weighted by molar-refractivity contribution is 6.30. The molecule has 1 aliphatic rings. The minimum Gasteiger partial charge on any atom is -0.380 e. The van der Waals surface area contributed by atoms with Crippen molar-refractivity contribution >= 4 is 48.0 Å². The van der Waals surface area contributed by atoms with Crippen LogP contribution in [0.5, 0.6) is 0 Å². The number of rotatable bonds is 6. The molecule has 0 aliphatic carbocycles. The Morgan fingerprint density at radius 3 is 2.87 bits per heavy atom. The van der Waals surface area contributed by atoms with Crippen molar-refractivity contribution in [3.63, 3.8) is 0 Å². The third-order valence-corrected chi connectivity index (χ3v) is 3.97. The average Bonchev–Trinajstić information content (AvgIpc) is 2.93. The van der Waals surface area contributed by atoms with Crippen molar-refractivity contribution in [1.82, 2.24) is 5.32 Å². The van der Waals surface area contributed by atoms with Gasteiger partial charge in [0.1, 0.15) is 0 Å². The number of carbonyl (C=O) groups is 1. The van der Waals surface area contributed by atoms with Crippen LogP contribution in [-0.2, 0) is 9.53 Å². The number of carbonyl (C=O) groups excluding carboxylic acids is 1. The quantitative estimate of drug-likeness (QED) is 0.789. The minimum atomic E-state index is -0.213. The molecule has 1 aliphatic heterocycles. The van der Waals surface area contributed by atoms with E-state index < -0.39 is 0 Å². The fraction of sp³-hybridized carbons (Fsp3) is 0.533. The lowest BCUT2D eigenvalue weighted by Gasteiger charge is -2.20. The van der Waals surface area contributed by atoms with Gasteiger partial charge in [-0.05, 0) is 24.6 Å². The van der Waals surface area contributed by atoms with Gasteiger partial charge < -0.3 is 20.7 Å². The van der Waals surface area contributed by atoms with Gasteiger partial charge in [-0.2, -0.15) is 0 Å². The number of benzene rings is 1. The number of ether oxygens (including phenoxy) is 1. The molecule has 0 saturated carbocycles. The summed E-state index contributed by atoms with van der Waals surface area (Å²) in [4.78, 5) is 14.2. The lowest BCUT2D eigenvalue weighted by Crippen LogP contribution is -2.39. The summed E-state index contributed by atoms with van der Waals surface area (Å²) >= 11 is 6.01. The second-order valence-electron chi connectivity index (χ2n) is 5.28. The molecular weight excluding hydrogens is 361 g/mol. The van der Waals surface area contributed by atoms with E-state index in [1.54, 1.807) is 7.11 Å². The number of nitrogens with two attached hydrogens (primary N) is 1. The summed E-state index contributed by atoms with van der Waals surface area (Å²) in [6.45, 7) is 2.06. The summed E-state index contributed by atoms with van der Waals surface area (Å²) in [5, 5.41) is 3.77. The predicted octanol–water partition coefficient (Wildman–Crippen LogP) is 2.24. The fourth-order valence-corrected chi connectivity index (χ4v) is 2.73. The normalized spacial score (nSPS) is 17.9. The van der Waals surface area contributed by atoms with E-state index in [9.17, 15) is 4.79 Å². The SMILES string of the molecule is COC(CN)CC(=O)NC1CCN(c2cccc(Cl)c2)C1.Cl.Cl. The van der Waals surface area contributed by atoms with E-state index in [0.29, 0.717) is 13.0 Å². The number of halogens is 3. The summed E-state index contributed by atoms with van der Waals surface area (Å²) in [5.74, 6) is -0.00903. The molecule has 23 heavy (non-hydrogen) atoms. The molecule has 132 valence electrons.